The standard InChI is InChI=1S/C10H9NO5/c1-14-8-2-3-9-10(16-6-15-9)7(8)4-5-11(12)13/h2-5H,6H2,1H3/b5-4+. The minimum atomic E-state index is -0.547. The van der Waals surface area contributed by atoms with Crippen molar-refractivity contribution in [3.05, 3.63) is 34.0 Å². The average Bonchev–Trinajstić information content (AvgIpc) is 2.73. The SMILES string of the molecule is COc1ccc2c(c1/C=C/[N+](=O)[O-])OCO2. The molecule has 1 aliphatic heterocycles. The van der Waals surface area contributed by atoms with Crippen LogP contribution in [0.4, 0.5) is 0 Å². The molecule has 0 aromatic heterocycles. The smallest absolute Gasteiger partial charge is 0.235 e. The van der Waals surface area contributed by atoms with Crippen LogP contribution in [0.3, 0.4) is 0 Å². The first-order valence-electron chi connectivity index (χ1n) is 4.50. The Bertz CT molecular complexity index is 455. The first-order chi connectivity index (χ1) is 7.72. The van der Waals surface area contributed by atoms with Crippen molar-refractivity contribution < 1.29 is 19.1 Å². The lowest BCUT2D eigenvalue weighted by atomic mass is 10.1. The highest BCUT2D eigenvalue weighted by Crippen LogP contribution is 2.41. The molecule has 0 bridgehead atoms. The van der Waals surface area contributed by atoms with Crippen LogP contribution in [-0.2, 0) is 0 Å². The average molecular weight is 223 g/mol. The fourth-order valence-electron chi connectivity index (χ4n) is 1.45. The normalized spacial score (nSPS) is 13.1. The van der Waals surface area contributed by atoms with Crippen molar-refractivity contribution in [2.24, 2.45) is 0 Å². The van der Waals surface area contributed by atoms with Gasteiger partial charge in [0.2, 0.25) is 13.0 Å². The maximum absolute atomic E-state index is 10.3. The number of fused-ring (bicyclic) bond motifs is 1. The van der Waals surface area contributed by atoms with Crippen molar-refractivity contribution >= 4 is 6.08 Å². The molecule has 1 aliphatic rings. The van der Waals surface area contributed by atoms with E-state index < -0.39 is 4.92 Å². The molecule has 16 heavy (non-hydrogen) atoms. The van der Waals surface area contributed by atoms with Crippen LogP contribution >= 0.6 is 0 Å². The van der Waals surface area contributed by atoms with Gasteiger partial charge in [-0.2, -0.15) is 0 Å². The van der Waals surface area contributed by atoms with E-state index in [0.29, 0.717) is 22.8 Å². The predicted octanol–water partition coefficient (Wildman–Crippen LogP) is 1.67. The molecule has 6 heteroatoms. The van der Waals surface area contributed by atoms with Gasteiger partial charge in [0.15, 0.2) is 11.5 Å². The molecular formula is C10H9NO5. The second kappa shape index (κ2) is 4.09. The molecule has 0 spiro atoms. The van der Waals surface area contributed by atoms with E-state index in [4.69, 9.17) is 14.2 Å². The van der Waals surface area contributed by atoms with Gasteiger partial charge in [-0.3, -0.25) is 10.1 Å². The Balaban J connectivity index is 2.47. The molecule has 0 amide bonds. The monoisotopic (exact) mass is 223 g/mol. The van der Waals surface area contributed by atoms with Gasteiger partial charge in [-0.25, -0.2) is 0 Å². The van der Waals surface area contributed by atoms with Crippen molar-refractivity contribution in [2.45, 2.75) is 0 Å². The van der Waals surface area contributed by atoms with Crippen LogP contribution in [0.15, 0.2) is 18.3 Å². The summed E-state index contributed by atoms with van der Waals surface area (Å²) in [7, 11) is 1.49. The Kier molecular flexibility index (Phi) is 2.63. The van der Waals surface area contributed by atoms with Crippen molar-refractivity contribution in [1.29, 1.82) is 0 Å². The number of nitrogens with zero attached hydrogens (tertiary/aromatic N) is 1. The molecule has 0 fully saturated rings. The van der Waals surface area contributed by atoms with Crippen LogP contribution in [0.1, 0.15) is 5.56 Å². The number of ether oxygens (including phenoxy) is 3. The topological polar surface area (TPSA) is 70.8 Å². The summed E-state index contributed by atoms with van der Waals surface area (Å²) in [5, 5.41) is 10.3. The number of hydrogen-bond acceptors (Lipinski definition) is 5. The quantitative estimate of drug-likeness (QED) is 0.575. The first kappa shape index (κ1) is 10.3. The summed E-state index contributed by atoms with van der Waals surface area (Å²) in [4.78, 5) is 9.73. The lowest BCUT2D eigenvalue weighted by Crippen LogP contribution is -1.94. The van der Waals surface area contributed by atoms with Gasteiger partial charge in [0, 0.05) is 6.08 Å². The molecule has 0 N–H and O–H groups in total. The van der Waals surface area contributed by atoms with E-state index in [9.17, 15) is 10.1 Å². The van der Waals surface area contributed by atoms with Crippen LogP contribution in [0, 0.1) is 10.1 Å². The van der Waals surface area contributed by atoms with Gasteiger partial charge in [-0.15, -0.1) is 0 Å². The molecular weight excluding hydrogens is 214 g/mol. The molecule has 84 valence electrons. The van der Waals surface area contributed by atoms with Gasteiger partial charge in [0.05, 0.1) is 17.6 Å². The lowest BCUT2D eigenvalue weighted by molar-refractivity contribution is -0.400. The minimum absolute atomic E-state index is 0.113. The third kappa shape index (κ3) is 1.77. The summed E-state index contributed by atoms with van der Waals surface area (Å²) in [5.74, 6) is 1.53. The van der Waals surface area contributed by atoms with Crippen molar-refractivity contribution in [1.82, 2.24) is 0 Å². The zero-order chi connectivity index (χ0) is 11.5. The number of nitro groups is 1. The highest BCUT2D eigenvalue weighted by Gasteiger charge is 2.20. The van der Waals surface area contributed by atoms with E-state index in [1.54, 1.807) is 12.1 Å². The maximum atomic E-state index is 10.3. The van der Waals surface area contributed by atoms with E-state index >= 15 is 0 Å². The van der Waals surface area contributed by atoms with E-state index in [1.165, 1.54) is 13.2 Å². The largest absolute Gasteiger partial charge is 0.496 e. The van der Waals surface area contributed by atoms with E-state index in [0.717, 1.165) is 6.20 Å². The minimum Gasteiger partial charge on any atom is -0.496 e. The molecule has 0 radical (unpaired) electrons. The van der Waals surface area contributed by atoms with Gasteiger partial charge >= 0.3 is 0 Å². The Hall–Kier alpha value is -2.24. The summed E-state index contributed by atoms with van der Waals surface area (Å²) in [6.07, 6.45) is 2.16. The van der Waals surface area contributed by atoms with E-state index in [-0.39, 0.29) is 6.79 Å². The lowest BCUT2D eigenvalue weighted by Gasteiger charge is -2.06. The molecule has 1 aromatic rings. The van der Waals surface area contributed by atoms with Gasteiger partial charge in [-0.05, 0) is 12.1 Å². The molecule has 1 aromatic carbocycles. The van der Waals surface area contributed by atoms with Crippen molar-refractivity contribution in [3.63, 3.8) is 0 Å². The van der Waals surface area contributed by atoms with E-state index in [2.05, 4.69) is 0 Å². The maximum Gasteiger partial charge on any atom is 0.235 e. The third-order valence-electron chi connectivity index (χ3n) is 2.12. The van der Waals surface area contributed by atoms with Crippen LogP contribution in [0.2, 0.25) is 0 Å². The van der Waals surface area contributed by atoms with Crippen LogP contribution in [-0.4, -0.2) is 18.8 Å². The number of methoxy groups -OCH3 is 1. The summed E-state index contributed by atoms with van der Waals surface area (Å²) in [6.45, 7) is 0.113. The van der Waals surface area contributed by atoms with Gasteiger partial charge in [0.25, 0.3) is 0 Å². The Morgan fingerprint density at radius 3 is 3.00 bits per heavy atom. The number of benzene rings is 1. The Labute approximate surface area is 91.2 Å². The van der Waals surface area contributed by atoms with Crippen molar-refractivity contribution in [3.8, 4) is 17.2 Å². The van der Waals surface area contributed by atoms with Crippen molar-refractivity contribution in [2.75, 3.05) is 13.9 Å². The zero-order valence-corrected chi connectivity index (χ0v) is 8.50. The van der Waals surface area contributed by atoms with Gasteiger partial charge in [0.1, 0.15) is 5.75 Å². The summed E-state index contributed by atoms with van der Waals surface area (Å²) in [6, 6.07) is 3.37. The zero-order valence-electron chi connectivity index (χ0n) is 8.50. The van der Waals surface area contributed by atoms with Crippen LogP contribution in [0.25, 0.3) is 6.08 Å². The molecule has 0 saturated carbocycles. The van der Waals surface area contributed by atoms with Crippen LogP contribution < -0.4 is 14.2 Å². The fraction of sp³-hybridized carbons (Fsp3) is 0.200. The van der Waals surface area contributed by atoms with Crippen LogP contribution in [0.5, 0.6) is 17.2 Å². The molecule has 0 atom stereocenters. The highest BCUT2D eigenvalue weighted by atomic mass is 16.7. The number of rotatable bonds is 3. The van der Waals surface area contributed by atoms with Gasteiger partial charge < -0.3 is 14.2 Å². The second-order valence-corrected chi connectivity index (χ2v) is 3.02. The fourth-order valence-corrected chi connectivity index (χ4v) is 1.45. The molecule has 2 rings (SSSR count). The molecule has 1 heterocycles. The molecule has 0 aliphatic carbocycles. The Morgan fingerprint density at radius 2 is 2.31 bits per heavy atom. The molecule has 0 saturated heterocycles. The molecule has 6 nitrogen and oxygen atoms in total. The second-order valence-electron chi connectivity index (χ2n) is 3.02. The molecule has 0 unspecified atom stereocenters. The first-order valence-corrected chi connectivity index (χ1v) is 4.50. The highest BCUT2D eigenvalue weighted by molar-refractivity contribution is 5.68. The third-order valence-corrected chi connectivity index (χ3v) is 2.12. The van der Waals surface area contributed by atoms with E-state index in [1.807, 2.05) is 0 Å². The Morgan fingerprint density at radius 1 is 1.50 bits per heavy atom. The van der Waals surface area contributed by atoms with Gasteiger partial charge in [-0.1, -0.05) is 0 Å². The summed E-state index contributed by atoms with van der Waals surface area (Å²) < 4.78 is 15.5. The summed E-state index contributed by atoms with van der Waals surface area (Å²) in [5.41, 5.74) is 0.509. The summed E-state index contributed by atoms with van der Waals surface area (Å²) >= 11 is 0. The number of hydrogen-bond donors (Lipinski definition) is 0. The predicted molar refractivity (Wildman–Crippen MR) is 55.1 cm³/mol.